The summed E-state index contributed by atoms with van der Waals surface area (Å²) in [7, 11) is 0. The highest BCUT2D eigenvalue weighted by Gasteiger charge is 2.14. The molecule has 0 aliphatic rings. The third-order valence-corrected chi connectivity index (χ3v) is 4.54. The fourth-order valence-corrected chi connectivity index (χ4v) is 3.18. The molecule has 2 aromatic rings. The van der Waals surface area contributed by atoms with Crippen LogP contribution in [0.2, 0.25) is 4.34 Å². The number of benzene rings is 1. The molecule has 19 heavy (non-hydrogen) atoms. The first-order valence-electron chi connectivity index (χ1n) is 6.66. The van der Waals surface area contributed by atoms with Crippen LogP contribution in [0, 0.1) is 6.92 Å². The molecule has 0 saturated heterocycles. The van der Waals surface area contributed by atoms with E-state index in [9.17, 15) is 0 Å². The minimum absolute atomic E-state index is 0.315. The average molecular weight is 294 g/mol. The minimum atomic E-state index is 0.315. The third-order valence-electron chi connectivity index (χ3n) is 3.43. The van der Waals surface area contributed by atoms with Gasteiger partial charge in [0.15, 0.2) is 0 Å². The van der Waals surface area contributed by atoms with Gasteiger partial charge in [-0.2, -0.15) is 0 Å². The Kier molecular flexibility index (Phi) is 5.03. The van der Waals surface area contributed by atoms with Gasteiger partial charge in [0.2, 0.25) is 0 Å². The van der Waals surface area contributed by atoms with Crippen LogP contribution in [0.1, 0.15) is 49.0 Å². The van der Waals surface area contributed by atoms with Gasteiger partial charge in [-0.3, -0.25) is 0 Å². The van der Waals surface area contributed by atoms with E-state index in [0.29, 0.717) is 12.1 Å². The minimum Gasteiger partial charge on any atom is -0.303 e. The summed E-state index contributed by atoms with van der Waals surface area (Å²) in [4.78, 5) is 0. The molecule has 0 fully saturated rings. The zero-order valence-corrected chi connectivity index (χ0v) is 13.2. The van der Waals surface area contributed by atoms with Crippen LogP contribution in [-0.4, -0.2) is 0 Å². The van der Waals surface area contributed by atoms with Gasteiger partial charge in [-0.1, -0.05) is 48.4 Å². The highest BCUT2D eigenvalue weighted by atomic mass is 35.5. The molecule has 1 heterocycles. The lowest BCUT2D eigenvalue weighted by Crippen LogP contribution is -2.23. The Morgan fingerprint density at radius 3 is 2.42 bits per heavy atom. The van der Waals surface area contributed by atoms with Gasteiger partial charge in [-0.25, -0.2) is 0 Å². The van der Waals surface area contributed by atoms with Crippen molar-refractivity contribution >= 4 is 22.9 Å². The van der Waals surface area contributed by atoms with Crippen LogP contribution in [0.25, 0.3) is 0 Å². The van der Waals surface area contributed by atoms with E-state index in [2.05, 4.69) is 55.7 Å². The number of aryl methyl sites for hydroxylation is 1. The molecule has 2 unspecified atom stereocenters. The molecule has 0 saturated carbocycles. The van der Waals surface area contributed by atoms with Gasteiger partial charge >= 0.3 is 0 Å². The van der Waals surface area contributed by atoms with Crippen LogP contribution in [0.5, 0.6) is 0 Å². The molecule has 2 rings (SSSR count). The Morgan fingerprint density at radius 1 is 1.21 bits per heavy atom. The van der Waals surface area contributed by atoms with E-state index in [-0.39, 0.29) is 0 Å². The van der Waals surface area contributed by atoms with E-state index in [1.54, 1.807) is 11.3 Å². The molecule has 1 aromatic heterocycles. The SMILES string of the molecule is CCC(NC(C)c1csc(Cl)c1)c1ccc(C)cc1. The zero-order valence-electron chi connectivity index (χ0n) is 11.6. The number of nitrogens with one attached hydrogen (secondary N) is 1. The maximum Gasteiger partial charge on any atom is 0.0931 e. The van der Waals surface area contributed by atoms with Gasteiger partial charge in [0.1, 0.15) is 0 Å². The number of hydrogen-bond acceptors (Lipinski definition) is 2. The molecule has 0 amide bonds. The Balaban J connectivity index is 2.08. The van der Waals surface area contributed by atoms with Crippen molar-refractivity contribution in [2.45, 2.75) is 39.3 Å². The number of halogens is 1. The Labute approximate surface area is 124 Å². The molecule has 102 valence electrons. The quantitative estimate of drug-likeness (QED) is 0.766. The molecule has 3 heteroatoms. The second-order valence-corrected chi connectivity index (χ2v) is 6.49. The third kappa shape index (κ3) is 3.82. The van der Waals surface area contributed by atoms with Crippen LogP contribution < -0.4 is 5.32 Å². The zero-order chi connectivity index (χ0) is 13.8. The highest BCUT2D eigenvalue weighted by Crippen LogP contribution is 2.27. The number of rotatable bonds is 5. The lowest BCUT2D eigenvalue weighted by molar-refractivity contribution is 0.457. The summed E-state index contributed by atoms with van der Waals surface area (Å²) in [6, 6.07) is 11.5. The highest BCUT2D eigenvalue weighted by molar-refractivity contribution is 7.14. The van der Waals surface area contributed by atoms with Crippen LogP contribution >= 0.6 is 22.9 Å². The molecular weight excluding hydrogens is 274 g/mol. The molecule has 0 bridgehead atoms. The van der Waals surface area contributed by atoms with Crippen molar-refractivity contribution in [2.75, 3.05) is 0 Å². The predicted octanol–water partition coefficient (Wildman–Crippen LogP) is 5.51. The Hall–Kier alpha value is -0.830. The van der Waals surface area contributed by atoms with Crippen LogP contribution in [0.4, 0.5) is 0 Å². The lowest BCUT2D eigenvalue weighted by atomic mass is 10.0. The van der Waals surface area contributed by atoms with Crippen molar-refractivity contribution in [2.24, 2.45) is 0 Å². The molecule has 2 atom stereocenters. The maximum absolute atomic E-state index is 6.00. The first kappa shape index (κ1) is 14.6. The monoisotopic (exact) mass is 293 g/mol. The van der Waals surface area contributed by atoms with E-state index in [1.165, 1.54) is 16.7 Å². The Bertz CT molecular complexity index is 518. The summed E-state index contributed by atoms with van der Waals surface area (Å²) in [6.45, 7) is 6.52. The average Bonchev–Trinajstić information content (AvgIpc) is 2.84. The van der Waals surface area contributed by atoms with E-state index in [1.807, 2.05) is 6.07 Å². The van der Waals surface area contributed by atoms with Crippen LogP contribution in [-0.2, 0) is 0 Å². The molecule has 0 spiro atoms. The fourth-order valence-electron chi connectivity index (χ4n) is 2.20. The largest absolute Gasteiger partial charge is 0.303 e. The predicted molar refractivity (Wildman–Crippen MR) is 85.1 cm³/mol. The first-order chi connectivity index (χ1) is 9.10. The lowest BCUT2D eigenvalue weighted by Gasteiger charge is -2.22. The van der Waals surface area contributed by atoms with Gasteiger partial charge in [-0.15, -0.1) is 11.3 Å². The molecule has 0 radical (unpaired) electrons. The number of hydrogen-bond donors (Lipinski definition) is 1. The van der Waals surface area contributed by atoms with Gasteiger partial charge in [0.05, 0.1) is 4.34 Å². The molecule has 0 aliphatic heterocycles. The van der Waals surface area contributed by atoms with E-state index in [4.69, 9.17) is 11.6 Å². The fraction of sp³-hybridized carbons (Fsp3) is 0.375. The van der Waals surface area contributed by atoms with Gasteiger partial charge < -0.3 is 5.32 Å². The van der Waals surface area contributed by atoms with Gasteiger partial charge in [0.25, 0.3) is 0 Å². The summed E-state index contributed by atoms with van der Waals surface area (Å²) < 4.78 is 0.854. The van der Waals surface area contributed by atoms with Crippen molar-refractivity contribution in [1.29, 1.82) is 0 Å². The smallest absolute Gasteiger partial charge is 0.0931 e. The molecule has 1 aromatic carbocycles. The van der Waals surface area contributed by atoms with Gasteiger partial charge in [-0.05, 0) is 42.8 Å². The summed E-state index contributed by atoms with van der Waals surface area (Å²) in [5, 5.41) is 5.81. The normalized spacial score (nSPS) is 14.3. The molecule has 1 N–H and O–H groups in total. The van der Waals surface area contributed by atoms with E-state index >= 15 is 0 Å². The standard InChI is InChI=1S/C16H20ClNS/c1-4-15(13-7-5-11(2)6-8-13)18-12(3)14-9-16(17)19-10-14/h5-10,12,15,18H,4H2,1-3H3. The van der Waals surface area contributed by atoms with Crippen molar-refractivity contribution in [3.05, 3.63) is 56.7 Å². The summed E-state index contributed by atoms with van der Waals surface area (Å²) in [6.07, 6.45) is 1.07. The van der Waals surface area contributed by atoms with Crippen LogP contribution in [0.15, 0.2) is 35.7 Å². The summed E-state index contributed by atoms with van der Waals surface area (Å²) in [5.74, 6) is 0. The summed E-state index contributed by atoms with van der Waals surface area (Å²) >= 11 is 7.59. The topological polar surface area (TPSA) is 12.0 Å². The molecule has 0 aliphatic carbocycles. The second-order valence-electron chi connectivity index (χ2n) is 4.94. The maximum atomic E-state index is 6.00. The van der Waals surface area contributed by atoms with Crippen molar-refractivity contribution in [3.63, 3.8) is 0 Å². The van der Waals surface area contributed by atoms with Crippen molar-refractivity contribution < 1.29 is 0 Å². The van der Waals surface area contributed by atoms with Crippen molar-refractivity contribution in [1.82, 2.24) is 5.32 Å². The number of thiophene rings is 1. The van der Waals surface area contributed by atoms with Crippen molar-refractivity contribution in [3.8, 4) is 0 Å². The van der Waals surface area contributed by atoms with Crippen LogP contribution in [0.3, 0.4) is 0 Å². The second kappa shape index (κ2) is 6.56. The first-order valence-corrected chi connectivity index (χ1v) is 7.92. The van der Waals surface area contributed by atoms with E-state index < -0.39 is 0 Å². The Morgan fingerprint density at radius 2 is 1.89 bits per heavy atom. The molecular formula is C16H20ClNS. The van der Waals surface area contributed by atoms with E-state index in [0.717, 1.165) is 10.8 Å². The summed E-state index contributed by atoms with van der Waals surface area (Å²) in [5.41, 5.74) is 3.91. The van der Waals surface area contributed by atoms with Gasteiger partial charge in [0, 0.05) is 12.1 Å². The molecule has 1 nitrogen and oxygen atoms in total.